The average Bonchev–Trinajstić information content (AvgIpc) is 3.37. The van der Waals surface area contributed by atoms with E-state index < -0.39 is 153 Å². The van der Waals surface area contributed by atoms with E-state index in [-0.39, 0.29) is 52.6 Å². The highest BCUT2D eigenvalue weighted by Gasteiger charge is 2.71. The summed E-state index contributed by atoms with van der Waals surface area (Å²) in [7, 11) is 0. The SMILES string of the molecule is CC1OC(OC2C(OC3CCC4(C)C(CCC5(C)C4CC=C4C6CC(C)(C)CCC6(C(=O)OC6OC(CO)C(O)C(O)C6O)CCC45C)C3(C)CO)OCC(OC3OC(CO)C(O)C(O)C3O)C2O)C(O)C(O)C1O. The molecule has 0 aromatic carbocycles. The molecule has 430 valence electrons. The van der Waals surface area contributed by atoms with Crippen LogP contribution in [0.3, 0.4) is 0 Å². The summed E-state index contributed by atoms with van der Waals surface area (Å²) in [6.45, 7) is 12.9. The summed E-state index contributed by atoms with van der Waals surface area (Å²) in [5.41, 5.74) is -1.66. The molecule has 9 rings (SSSR count). The lowest BCUT2D eigenvalue weighted by atomic mass is 9.33. The maximum Gasteiger partial charge on any atom is 0.315 e. The van der Waals surface area contributed by atoms with Gasteiger partial charge in [0.15, 0.2) is 18.9 Å². The molecule has 28 unspecified atom stereocenters. The number of fused-ring (bicyclic) bond motifs is 7. The summed E-state index contributed by atoms with van der Waals surface area (Å²) in [6.07, 6.45) is -21.3. The Bertz CT molecular complexity index is 2060. The second-order valence-corrected chi connectivity index (χ2v) is 25.6. The molecule has 0 aromatic rings. The molecule has 22 heteroatoms. The van der Waals surface area contributed by atoms with Crippen LogP contribution < -0.4 is 0 Å². The summed E-state index contributed by atoms with van der Waals surface area (Å²) in [6, 6.07) is 0. The molecule has 0 aromatic heterocycles. The number of hydrogen-bond donors (Lipinski definition) is 13. The van der Waals surface area contributed by atoms with E-state index in [2.05, 4.69) is 40.7 Å². The molecule has 4 saturated carbocycles. The molecule has 0 radical (unpaired) electrons. The lowest BCUT2D eigenvalue weighted by molar-refractivity contribution is -0.381. The van der Waals surface area contributed by atoms with E-state index in [0.29, 0.717) is 44.9 Å². The fourth-order valence-corrected chi connectivity index (χ4v) is 16.2. The lowest BCUT2D eigenvalue weighted by Crippen LogP contribution is -2.67. The van der Waals surface area contributed by atoms with E-state index in [1.54, 1.807) is 0 Å². The minimum absolute atomic E-state index is 0.0914. The molecule has 13 N–H and O–H groups in total. The van der Waals surface area contributed by atoms with Crippen LogP contribution in [0.4, 0.5) is 0 Å². The van der Waals surface area contributed by atoms with Gasteiger partial charge in [-0.15, -0.1) is 0 Å². The molecule has 28 atom stereocenters. The van der Waals surface area contributed by atoms with E-state index in [1.165, 1.54) is 12.5 Å². The van der Waals surface area contributed by atoms with Crippen molar-refractivity contribution in [3.8, 4) is 0 Å². The highest BCUT2D eigenvalue weighted by atomic mass is 16.8. The van der Waals surface area contributed by atoms with E-state index in [0.717, 1.165) is 19.3 Å². The summed E-state index contributed by atoms with van der Waals surface area (Å²) < 4.78 is 48.4. The average molecular weight is 1080 g/mol. The molecule has 75 heavy (non-hydrogen) atoms. The second-order valence-electron chi connectivity index (χ2n) is 25.6. The molecule has 8 fully saturated rings. The van der Waals surface area contributed by atoms with Crippen LogP contribution >= 0.6 is 0 Å². The molecule has 0 amide bonds. The van der Waals surface area contributed by atoms with Crippen LogP contribution in [0.15, 0.2) is 11.6 Å². The Labute approximate surface area is 437 Å². The van der Waals surface area contributed by atoms with Gasteiger partial charge in [0.05, 0.1) is 44.1 Å². The third-order valence-electron chi connectivity index (χ3n) is 21.2. The maximum atomic E-state index is 14.8. The predicted octanol–water partition coefficient (Wildman–Crippen LogP) is -1.40. The van der Waals surface area contributed by atoms with Crippen molar-refractivity contribution in [2.75, 3.05) is 26.4 Å². The maximum absolute atomic E-state index is 14.8. The van der Waals surface area contributed by atoms with Crippen molar-refractivity contribution in [2.45, 2.75) is 235 Å². The van der Waals surface area contributed by atoms with Gasteiger partial charge in [0.25, 0.3) is 0 Å². The first-order chi connectivity index (χ1) is 35.2. The van der Waals surface area contributed by atoms with Crippen molar-refractivity contribution in [3.63, 3.8) is 0 Å². The highest BCUT2D eigenvalue weighted by Crippen LogP contribution is 2.76. The van der Waals surface area contributed by atoms with Crippen LogP contribution in [0.5, 0.6) is 0 Å². The van der Waals surface area contributed by atoms with Crippen LogP contribution in [0.2, 0.25) is 0 Å². The Morgan fingerprint density at radius 2 is 1.20 bits per heavy atom. The van der Waals surface area contributed by atoms with Crippen molar-refractivity contribution in [1.29, 1.82) is 0 Å². The number of ether oxygens (including phenoxy) is 8. The summed E-state index contributed by atoms with van der Waals surface area (Å²) in [4.78, 5) is 14.8. The van der Waals surface area contributed by atoms with Gasteiger partial charge in [-0.3, -0.25) is 4.79 Å². The fraction of sp³-hybridized carbons (Fsp3) is 0.943. The van der Waals surface area contributed by atoms with Gasteiger partial charge in [-0.25, -0.2) is 0 Å². The van der Waals surface area contributed by atoms with Crippen LogP contribution in [0.25, 0.3) is 0 Å². The zero-order chi connectivity index (χ0) is 54.7. The fourth-order valence-electron chi connectivity index (χ4n) is 16.2. The zero-order valence-corrected chi connectivity index (χ0v) is 44.2. The van der Waals surface area contributed by atoms with Gasteiger partial charge >= 0.3 is 5.97 Å². The number of carbonyl (C=O) groups excluding carboxylic acids is 1. The highest BCUT2D eigenvalue weighted by molar-refractivity contribution is 5.79. The van der Waals surface area contributed by atoms with Crippen LogP contribution in [0, 0.1) is 50.2 Å². The second kappa shape index (κ2) is 21.1. The van der Waals surface area contributed by atoms with E-state index in [1.807, 2.05) is 6.92 Å². The molecular formula is C53H86O22. The first kappa shape index (κ1) is 58.1. The van der Waals surface area contributed by atoms with E-state index in [4.69, 9.17) is 37.9 Å². The summed E-state index contributed by atoms with van der Waals surface area (Å²) >= 11 is 0. The number of esters is 1. The van der Waals surface area contributed by atoms with Gasteiger partial charge < -0.3 is 104 Å². The number of aliphatic hydroxyl groups is 13. The number of hydrogen-bond acceptors (Lipinski definition) is 22. The molecule has 9 aliphatic rings. The Morgan fingerprint density at radius 1 is 0.613 bits per heavy atom. The molecular weight excluding hydrogens is 989 g/mol. The lowest BCUT2D eigenvalue weighted by Gasteiger charge is -2.71. The van der Waals surface area contributed by atoms with E-state index >= 15 is 0 Å². The van der Waals surface area contributed by atoms with Gasteiger partial charge in [0.1, 0.15) is 85.5 Å². The van der Waals surface area contributed by atoms with Crippen LogP contribution in [-0.2, 0) is 42.7 Å². The number of allylic oxidation sites excluding steroid dienone is 2. The minimum atomic E-state index is -1.81. The molecule has 4 aliphatic heterocycles. The van der Waals surface area contributed by atoms with E-state index in [9.17, 15) is 71.2 Å². The Balaban J connectivity index is 0.967. The minimum Gasteiger partial charge on any atom is -0.432 e. The standard InChI is InChI=1S/C53H86O22/c1-23-32(57)36(61)39(64)43(69-23)74-42-35(60)28(72-44-40(65)37(62)33(58)26(19-54)70-44)21-68-46(42)73-31-11-12-49(4)29(50(31,5)22-56)10-13-52(7)30(49)9-8-24-25-18-48(2,3)14-16-53(25,17-15-51(24,52)6)47(67)75-45-41(66)38(63)34(59)27(20-55)71-45/h8,23,25-46,54-66H,9-22H2,1-7H3. The third-order valence-corrected chi connectivity index (χ3v) is 21.2. The van der Waals surface area contributed by atoms with Gasteiger partial charge in [0.2, 0.25) is 6.29 Å². The zero-order valence-electron chi connectivity index (χ0n) is 44.2. The topological polar surface area (TPSA) is 354 Å². The third kappa shape index (κ3) is 9.40. The molecule has 22 nitrogen and oxygen atoms in total. The summed E-state index contributed by atoms with van der Waals surface area (Å²) in [5, 5.41) is 139. The number of rotatable bonds is 11. The van der Waals surface area contributed by atoms with Crippen LogP contribution in [0.1, 0.15) is 113 Å². The Hall–Kier alpha value is -1.59. The van der Waals surface area contributed by atoms with Crippen LogP contribution in [-0.4, -0.2) is 222 Å². The molecule has 5 aliphatic carbocycles. The van der Waals surface area contributed by atoms with Crippen molar-refractivity contribution in [3.05, 3.63) is 11.6 Å². The van der Waals surface area contributed by atoms with Gasteiger partial charge in [-0.2, -0.15) is 0 Å². The van der Waals surface area contributed by atoms with Gasteiger partial charge in [-0.05, 0) is 111 Å². The smallest absolute Gasteiger partial charge is 0.315 e. The first-order valence-electron chi connectivity index (χ1n) is 27.3. The van der Waals surface area contributed by atoms with Crippen molar-refractivity contribution in [1.82, 2.24) is 0 Å². The monoisotopic (exact) mass is 1070 g/mol. The largest absolute Gasteiger partial charge is 0.432 e. The van der Waals surface area contributed by atoms with Crippen molar-refractivity contribution >= 4 is 5.97 Å². The number of carbonyl (C=O) groups is 1. The molecule has 4 saturated heterocycles. The molecule has 0 bridgehead atoms. The number of aliphatic hydroxyl groups excluding tert-OH is 13. The quantitative estimate of drug-likeness (QED) is 0.0643. The molecule has 4 heterocycles. The summed E-state index contributed by atoms with van der Waals surface area (Å²) in [5.74, 6) is -0.686. The Kier molecular flexibility index (Phi) is 16.3. The normalized spacial score (nSPS) is 54.8. The Morgan fingerprint density at radius 3 is 1.83 bits per heavy atom. The molecule has 0 spiro atoms. The van der Waals surface area contributed by atoms with Gasteiger partial charge in [0, 0.05) is 5.41 Å². The van der Waals surface area contributed by atoms with Crippen molar-refractivity contribution < 1.29 is 109 Å². The predicted molar refractivity (Wildman–Crippen MR) is 257 cm³/mol. The van der Waals surface area contributed by atoms with Gasteiger partial charge in [-0.1, -0.05) is 53.2 Å². The first-order valence-corrected chi connectivity index (χ1v) is 27.3. The van der Waals surface area contributed by atoms with Crippen molar-refractivity contribution in [2.24, 2.45) is 50.2 Å².